The number of nitrogens with two attached hydrogens (primary N) is 1. The average Bonchev–Trinajstić information content (AvgIpc) is 2.73. The molecule has 1 aromatic carbocycles. The molecule has 2 N–H and O–H groups in total. The number of nitrogens with zero attached hydrogens (tertiary/aromatic N) is 1. The molecular formula is C14H22N2. The van der Waals surface area contributed by atoms with Gasteiger partial charge < -0.3 is 5.73 Å². The normalized spacial score (nSPS) is 26.1. The summed E-state index contributed by atoms with van der Waals surface area (Å²) in [7, 11) is 0. The molecule has 1 aliphatic rings. The minimum Gasteiger partial charge on any atom is -0.330 e. The quantitative estimate of drug-likeness (QED) is 0.840. The van der Waals surface area contributed by atoms with Gasteiger partial charge in [-0.05, 0) is 30.9 Å². The smallest absolute Gasteiger partial charge is 0.0236 e. The third-order valence-electron chi connectivity index (χ3n) is 3.65. The maximum Gasteiger partial charge on any atom is 0.0236 e. The van der Waals surface area contributed by atoms with Gasteiger partial charge in [0.25, 0.3) is 0 Å². The molecule has 2 unspecified atom stereocenters. The van der Waals surface area contributed by atoms with Crippen LogP contribution in [0.25, 0.3) is 0 Å². The first-order valence-electron chi connectivity index (χ1n) is 6.31. The molecule has 2 atom stereocenters. The zero-order valence-corrected chi connectivity index (χ0v) is 10.1. The predicted octanol–water partition coefficient (Wildman–Crippen LogP) is 2.25. The van der Waals surface area contributed by atoms with Crippen LogP contribution in [0.1, 0.15) is 25.3 Å². The first kappa shape index (κ1) is 11.6. The lowest BCUT2D eigenvalue weighted by Crippen LogP contribution is -2.28. The van der Waals surface area contributed by atoms with E-state index >= 15 is 0 Å². The Hall–Kier alpha value is -0.860. The molecule has 0 amide bonds. The molecule has 0 aromatic heterocycles. The monoisotopic (exact) mass is 218 g/mol. The number of likely N-dealkylation sites (tertiary alicyclic amines) is 1. The van der Waals surface area contributed by atoms with E-state index in [1.54, 1.807) is 0 Å². The fraction of sp³-hybridized carbons (Fsp3) is 0.571. The van der Waals surface area contributed by atoms with Crippen molar-refractivity contribution >= 4 is 0 Å². The van der Waals surface area contributed by atoms with Crippen LogP contribution in [0.4, 0.5) is 0 Å². The molecule has 0 spiro atoms. The van der Waals surface area contributed by atoms with Crippen molar-refractivity contribution in [2.24, 2.45) is 11.7 Å². The molecule has 0 saturated carbocycles. The van der Waals surface area contributed by atoms with E-state index in [0.29, 0.717) is 5.92 Å². The Balaban J connectivity index is 1.98. The molecule has 2 rings (SSSR count). The largest absolute Gasteiger partial charge is 0.330 e. The Morgan fingerprint density at radius 1 is 1.31 bits per heavy atom. The van der Waals surface area contributed by atoms with E-state index < -0.39 is 0 Å². The summed E-state index contributed by atoms with van der Waals surface area (Å²) in [6.07, 6.45) is 2.52. The van der Waals surface area contributed by atoms with E-state index in [0.717, 1.165) is 19.1 Å². The SMILES string of the molecule is CCC1CC(CN)CN1Cc1ccccc1. The Morgan fingerprint density at radius 3 is 2.69 bits per heavy atom. The average molecular weight is 218 g/mol. The Morgan fingerprint density at radius 2 is 2.06 bits per heavy atom. The topological polar surface area (TPSA) is 29.3 Å². The van der Waals surface area contributed by atoms with E-state index in [9.17, 15) is 0 Å². The van der Waals surface area contributed by atoms with Gasteiger partial charge >= 0.3 is 0 Å². The summed E-state index contributed by atoms with van der Waals surface area (Å²) in [5, 5.41) is 0. The maximum atomic E-state index is 5.78. The zero-order valence-electron chi connectivity index (χ0n) is 10.1. The van der Waals surface area contributed by atoms with Gasteiger partial charge in [0, 0.05) is 19.1 Å². The minimum atomic E-state index is 0.702. The van der Waals surface area contributed by atoms with Crippen molar-refractivity contribution in [1.29, 1.82) is 0 Å². The first-order chi connectivity index (χ1) is 7.83. The third-order valence-corrected chi connectivity index (χ3v) is 3.65. The van der Waals surface area contributed by atoms with Gasteiger partial charge in [0.05, 0.1) is 0 Å². The highest BCUT2D eigenvalue weighted by atomic mass is 15.2. The second-order valence-electron chi connectivity index (χ2n) is 4.81. The molecule has 1 aliphatic heterocycles. The molecule has 0 aliphatic carbocycles. The summed E-state index contributed by atoms with van der Waals surface area (Å²) in [5.74, 6) is 0.702. The third kappa shape index (κ3) is 2.63. The molecule has 1 aromatic rings. The highest BCUT2D eigenvalue weighted by Crippen LogP contribution is 2.26. The van der Waals surface area contributed by atoms with Crippen LogP contribution in [-0.2, 0) is 6.54 Å². The van der Waals surface area contributed by atoms with E-state index in [2.05, 4.69) is 42.2 Å². The summed E-state index contributed by atoms with van der Waals surface area (Å²) >= 11 is 0. The van der Waals surface area contributed by atoms with E-state index in [1.807, 2.05) is 0 Å². The Labute approximate surface area is 98.4 Å². The summed E-state index contributed by atoms with van der Waals surface area (Å²) in [4.78, 5) is 2.59. The first-order valence-corrected chi connectivity index (χ1v) is 6.31. The van der Waals surface area contributed by atoms with Crippen LogP contribution in [-0.4, -0.2) is 24.0 Å². The lowest BCUT2D eigenvalue weighted by Gasteiger charge is -2.23. The summed E-state index contributed by atoms with van der Waals surface area (Å²) < 4.78 is 0. The lowest BCUT2D eigenvalue weighted by atomic mass is 10.0. The summed E-state index contributed by atoms with van der Waals surface area (Å²) in [5.41, 5.74) is 7.20. The number of rotatable bonds is 4. The van der Waals surface area contributed by atoms with Crippen molar-refractivity contribution in [2.75, 3.05) is 13.1 Å². The van der Waals surface area contributed by atoms with E-state index in [1.165, 1.54) is 24.9 Å². The second kappa shape index (κ2) is 5.46. The van der Waals surface area contributed by atoms with E-state index in [-0.39, 0.29) is 0 Å². The van der Waals surface area contributed by atoms with Crippen LogP contribution in [0.5, 0.6) is 0 Å². The molecule has 0 radical (unpaired) electrons. The lowest BCUT2D eigenvalue weighted by molar-refractivity contribution is 0.237. The molecular weight excluding hydrogens is 196 g/mol. The van der Waals surface area contributed by atoms with Crippen LogP contribution in [0.3, 0.4) is 0 Å². The molecule has 88 valence electrons. The van der Waals surface area contributed by atoms with Crippen LogP contribution in [0.15, 0.2) is 30.3 Å². The second-order valence-corrected chi connectivity index (χ2v) is 4.81. The highest BCUT2D eigenvalue weighted by Gasteiger charge is 2.29. The van der Waals surface area contributed by atoms with Gasteiger partial charge in [-0.3, -0.25) is 4.90 Å². The van der Waals surface area contributed by atoms with Crippen molar-refractivity contribution < 1.29 is 0 Å². The van der Waals surface area contributed by atoms with Gasteiger partial charge in [-0.1, -0.05) is 37.3 Å². The van der Waals surface area contributed by atoms with Gasteiger partial charge in [0.15, 0.2) is 0 Å². The maximum absolute atomic E-state index is 5.78. The van der Waals surface area contributed by atoms with Gasteiger partial charge in [0.2, 0.25) is 0 Å². The highest BCUT2D eigenvalue weighted by molar-refractivity contribution is 5.14. The van der Waals surface area contributed by atoms with Crippen molar-refractivity contribution in [3.8, 4) is 0 Å². The van der Waals surface area contributed by atoms with Gasteiger partial charge in [-0.2, -0.15) is 0 Å². The van der Waals surface area contributed by atoms with E-state index in [4.69, 9.17) is 5.73 Å². The van der Waals surface area contributed by atoms with Crippen LogP contribution in [0.2, 0.25) is 0 Å². The fourth-order valence-corrected chi connectivity index (χ4v) is 2.70. The van der Waals surface area contributed by atoms with Gasteiger partial charge in [-0.15, -0.1) is 0 Å². The number of hydrogen-bond donors (Lipinski definition) is 1. The van der Waals surface area contributed by atoms with Gasteiger partial charge in [-0.25, -0.2) is 0 Å². The predicted molar refractivity (Wildman–Crippen MR) is 68.1 cm³/mol. The van der Waals surface area contributed by atoms with Crippen molar-refractivity contribution in [3.05, 3.63) is 35.9 Å². The molecule has 1 saturated heterocycles. The van der Waals surface area contributed by atoms with Crippen LogP contribution >= 0.6 is 0 Å². The summed E-state index contributed by atoms with van der Waals surface area (Å²) in [6.45, 7) is 5.36. The van der Waals surface area contributed by atoms with Crippen molar-refractivity contribution in [1.82, 2.24) is 4.90 Å². The minimum absolute atomic E-state index is 0.702. The van der Waals surface area contributed by atoms with Crippen LogP contribution < -0.4 is 5.73 Å². The Kier molecular flexibility index (Phi) is 3.97. The number of benzene rings is 1. The molecule has 16 heavy (non-hydrogen) atoms. The van der Waals surface area contributed by atoms with Crippen molar-refractivity contribution in [2.45, 2.75) is 32.4 Å². The molecule has 1 heterocycles. The zero-order chi connectivity index (χ0) is 11.4. The standard InChI is InChI=1S/C14H22N2/c1-2-14-8-13(9-15)11-16(14)10-12-6-4-3-5-7-12/h3-7,13-14H,2,8-11,15H2,1H3. The van der Waals surface area contributed by atoms with Crippen LogP contribution in [0, 0.1) is 5.92 Å². The van der Waals surface area contributed by atoms with Gasteiger partial charge in [0.1, 0.15) is 0 Å². The summed E-state index contributed by atoms with van der Waals surface area (Å²) in [6, 6.07) is 11.5. The fourth-order valence-electron chi connectivity index (χ4n) is 2.70. The Bertz CT molecular complexity index is 310. The molecule has 2 heteroatoms. The molecule has 2 nitrogen and oxygen atoms in total. The number of hydrogen-bond acceptors (Lipinski definition) is 2. The van der Waals surface area contributed by atoms with Crippen molar-refractivity contribution in [3.63, 3.8) is 0 Å². The molecule has 0 bridgehead atoms. The molecule has 1 fully saturated rings.